The zero-order chi connectivity index (χ0) is 12.3. The summed E-state index contributed by atoms with van der Waals surface area (Å²) in [6.45, 7) is 5.75. The van der Waals surface area contributed by atoms with E-state index < -0.39 is 0 Å². The molecule has 2 rings (SSSR count). The smallest absolute Gasteiger partial charge is 0.293 e. The van der Waals surface area contributed by atoms with Gasteiger partial charge in [-0.1, -0.05) is 13.3 Å². The molecule has 94 valence electrons. The molecule has 0 atom stereocenters. The third-order valence-corrected chi connectivity index (χ3v) is 3.62. The van der Waals surface area contributed by atoms with Gasteiger partial charge in [0.2, 0.25) is 0 Å². The Kier molecular flexibility index (Phi) is 3.50. The van der Waals surface area contributed by atoms with E-state index in [4.69, 9.17) is 0 Å². The first-order valence-corrected chi connectivity index (χ1v) is 6.50. The van der Waals surface area contributed by atoms with Crippen molar-refractivity contribution in [2.75, 3.05) is 11.9 Å². The quantitative estimate of drug-likeness (QED) is 0.822. The van der Waals surface area contributed by atoms with Crippen LogP contribution in [0.25, 0.3) is 0 Å². The number of rotatable bonds is 6. The van der Waals surface area contributed by atoms with Crippen molar-refractivity contribution in [3.8, 4) is 0 Å². The van der Waals surface area contributed by atoms with Crippen LogP contribution in [-0.2, 0) is 6.54 Å². The number of anilines is 1. The predicted octanol–water partition coefficient (Wildman–Crippen LogP) is 2.26. The molecule has 1 aromatic rings. The first kappa shape index (κ1) is 12.1. The Balaban J connectivity index is 2.02. The molecule has 0 unspecified atom stereocenters. The fraction of sp³-hybridized carbons (Fsp3) is 0.692. The fourth-order valence-electron chi connectivity index (χ4n) is 2.31. The van der Waals surface area contributed by atoms with Crippen molar-refractivity contribution in [1.82, 2.24) is 9.55 Å². The van der Waals surface area contributed by atoms with E-state index >= 15 is 0 Å². The Hall–Kier alpha value is -1.32. The van der Waals surface area contributed by atoms with Gasteiger partial charge in [-0.3, -0.25) is 4.79 Å². The van der Waals surface area contributed by atoms with E-state index in [-0.39, 0.29) is 5.56 Å². The largest absolute Gasteiger partial charge is 0.365 e. The Labute approximate surface area is 102 Å². The van der Waals surface area contributed by atoms with Crippen LogP contribution < -0.4 is 10.9 Å². The number of hydrogen-bond donors (Lipinski definition) is 1. The summed E-state index contributed by atoms with van der Waals surface area (Å²) >= 11 is 0. The van der Waals surface area contributed by atoms with Gasteiger partial charge in [-0.2, -0.15) is 0 Å². The fourth-order valence-corrected chi connectivity index (χ4v) is 2.31. The monoisotopic (exact) mass is 235 g/mol. The van der Waals surface area contributed by atoms with E-state index in [1.807, 2.05) is 6.92 Å². The molecule has 1 fully saturated rings. The SMILES string of the molecule is CCCC1(CNc2nccn(CC)c2=O)CC1. The number of nitrogens with zero attached hydrogens (tertiary/aromatic N) is 2. The maximum Gasteiger partial charge on any atom is 0.293 e. The molecule has 0 bridgehead atoms. The first-order chi connectivity index (χ1) is 8.21. The van der Waals surface area contributed by atoms with Crippen LogP contribution in [-0.4, -0.2) is 16.1 Å². The minimum atomic E-state index is -0.0118. The van der Waals surface area contributed by atoms with Gasteiger partial charge in [-0.15, -0.1) is 0 Å². The molecule has 0 radical (unpaired) electrons. The lowest BCUT2D eigenvalue weighted by Crippen LogP contribution is -2.26. The second-order valence-electron chi connectivity index (χ2n) is 4.97. The summed E-state index contributed by atoms with van der Waals surface area (Å²) in [6, 6.07) is 0. The van der Waals surface area contributed by atoms with Crippen LogP contribution in [0.15, 0.2) is 17.2 Å². The van der Waals surface area contributed by atoms with Gasteiger partial charge in [-0.25, -0.2) is 4.98 Å². The van der Waals surface area contributed by atoms with Crippen molar-refractivity contribution in [2.45, 2.75) is 46.1 Å². The maximum atomic E-state index is 11.9. The molecule has 4 heteroatoms. The summed E-state index contributed by atoms with van der Waals surface area (Å²) in [5.41, 5.74) is 0.428. The van der Waals surface area contributed by atoms with Gasteiger partial charge >= 0.3 is 0 Å². The average molecular weight is 235 g/mol. The molecule has 0 amide bonds. The van der Waals surface area contributed by atoms with E-state index in [1.54, 1.807) is 17.0 Å². The molecule has 0 saturated heterocycles. The normalized spacial score (nSPS) is 16.8. The molecular formula is C13H21N3O. The standard InChI is InChI=1S/C13H21N3O/c1-3-5-13(6-7-13)10-15-11-12(17)16(4-2)9-8-14-11/h8-9H,3-7,10H2,1-2H3,(H,14,15). The third kappa shape index (κ3) is 2.68. The van der Waals surface area contributed by atoms with Gasteiger partial charge in [0.1, 0.15) is 0 Å². The van der Waals surface area contributed by atoms with Crippen LogP contribution in [0.4, 0.5) is 5.82 Å². The summed E-state index contributed by atoms with van der Waals surface area (Å²) in [5, 5.41) is 3.23. The first-order valence-electron chi connectivity index (χ1n) is 6.50. The lowest BCUT2D eigenvalue weighted by atomic mass is 10.0. The minimum Gasteiger partial charge on any atom is -0.365 e. The molecule has 0 aliphatic heterocycles. The number of hydrogen-bond acceptors (Lipinski definition) is 3. The lowest BCUT2D eigenvalue weighted by Gasteiger charge is -2.15. The van der Waals surface area contributed by atoms with E-state index in [1.165, 1.54) is 25.7 Å². The van der Waals surface area contributed by atoms with Crippen molar-refractivity contribution in [2.24, 2.45) is 5.41 Å². The van der Waals surface area contributed by atoms with E-state index in [2.05, 4.69) is 17.2 Å². The van der Waals surface area contributed by atoms with Gasteiger partial charge in [0.15, 0.2) is 5.82 Å². The van der Waals surface area contributed by atoms with Crippen molar-refractivity contribution in [1.29, 1.82) is 0 Å². The van der Waals surface area contributed by atoms with Crippen LogP contribution in [0, 0.1) is 5.41 Å². The Morgan fingerprint density at radius 3 is 2.82 bits per heavy atom. The van der Waals surface area contributed by atoms with Gasteiger partial charge in [-0.05, 0) is 31.6 Å². The zero-order valence-corrected chi connectivity index (χ0v) is 10.7. The second-order valence-corrected chi connectivity index (χ2v) is 4.97. The van der Waals surface area contributed by atoms with Crippen molar-refractivity contribution in [3.63, 3.8) is 0 Å². The summed E-state index contributed by atoms with van der Waals surface area (Å²) < 4.78 is 1.68. The van der Waals surface area contributed by atoms with Crippen LogP contribution in [0.5, 0.6) is 0 Å². The number of nitrogens with one attached hydrogen (secondary N) is 1. The molecular weight excluding hydrogens is 214 g/mol. The van der Waals surface area contributed by atoms with Gasteiger partial charge in [0.05, 0.1) is 0 Å². The molecule has 1 N–H and O–H groups in total. The summed E-state index contributed by atoms with van der Waals surface area (Å²) in [7, 11) is 0. The molecule has 0 spiro atoms. The highest BCUT2D eigenvalue weighted by Gasteiger charge is 2.41. The Bertz CT molecular complexity index is 435. The molecule has 1 aliphatic rings. The number of aromatic nitrogens is 2. The highest BCUT2D eigenvalue weighted by atomic mass is 16.1. The van der Waals surface area contributed by atoms with Gasteiger partial charge < -0.3 is 9.88 Å². The van der Waals surface area contributed by atoms with Crippen LogP contribution >= 0.6 is 0 Å². The van der Waals surface area contributed by atoms with Gasteiger partial charge in [0.25, 0.3) is 5.56 Å². The van der Waals surface area contributed by atoms with Crippen LogP contribution in [0.3, 0.4) is 0 Å². The van der Waals surface area contributed by atoms with Crippen molar-refractivity contribution < 1.29 is 0 Å². The van der Waals surface area contributed by atoms with Crippen LogP contribution in [0.2, 0.25) is 0 Å². The topological polar surface area (TPSA) is 46.9 Å². The summed E-state index contributed by atoms with van der Waals surface area (Å²) in [5.74, 6) is 0.497. The van der Waals surface area contributed by atoms with E-state index in [9.17, 15) is 4.79 Å². The molecule has 1 aromatic heterocycles. The highest BCUT2D eigenvalue weighted by Crippen LogP contribution is 2.49. The average Bonchev–Trinajstić information content (AvgIpc) is 3.09. The molecule has 1 heterocycles. The van der Waals surface area contributed by atoms with E-state index in [0.29, 0.717) is 17.8 Å². The van der Waals surface area contributed by atoms with Crippen molar-refractivity contribution in [3.05, 3.63) is 22.7 Å². The molecule has 4 nitrogen and oxygen atoms in total. The molecule has 0 aromatic carbocycles. The van der Waals surface area contributed by atoms with E-state index in [0.717, 1.165) is 6.54 Å². The minimum absolute atomic E-state index is 0.0118. The maximum absolute atomic E-state index is 11.9. The second kappa shape index (κ2) is 4.90. The molecule has 1 aliphatic carbocycles. The predicted molar refractivity (Wildman–Crippen MR) is 69.2 cm³/mol. The Morgan fingerprint density at radius 1 is 1.47 bits per heavy atom. The summed E-state index contributed by atoms with van der Waals surface area (Å²) in [4.78, 5) is 16.1. The van der Waals surface area contributed by atoms with Crippen molar-refractivity contribution >= 4 is 5.82 Å². The Morgan fingerprint density at radius 2 is 2.24 bits per heavy atom. The lowest BCUT2D eigenvalue weighted by molar-refractivity contribution is 0.484. The number of aryl methyl sites for hydroxylation is 1. The summed E-state index contributed by atoms with van der Waals surface area (Å²) in [6.07, 6.45) is 8.43. The molecule has 17 heavy (non-hydrogen) atoms. The van der Waals surface area contributed by atoms with Crippen LogP contribution in [0.1, 0.15) is 39.5 Å². The van der Waals surface area contributed by atoms with Gasteiger partial charge in [0, 0.05) is 25.5 Å². The highest BCUT2D eigenvalue weighted by molar-refractivity contribution is 5.31. The third-order valence-electron chi connectivity index (χ3n) is 3.62. The zero-order valence-electron chi connectivity index (χ0n) is 10.7. The molecule has 1 saturated carbocycles.